The molecule has 3 heteroatoms. The first-order valence-electron chi connectivity index (χ1n) is 5.13. The second kappa shape index (κ2) is 4.90. The second-order valence-electron chi connectivity index (χ2n) is 3.65. The summed E-state index contributed by atoms with van der Waals surface area (Å²) in [6.07, 6.45) is 0. The first-order valence-corrected chi connectivity index (χ1v) is 5.51. The summed E-state index contributed by atoms with van der Waals surface area (Å²) in [7, 11) is 0. The fourth-order valence-electron chi connectivity index (χ4n) is 1.49. The predicted molar refractivity (Wildman–Crippen MR) is 67.4 cm³/mol. The molecule has 0 bridgehead atoms. The topological polar surface area (TPSA) is 33.0 Å². The minimum atomic E-state index is 0.632. The third-order valence-corrected chi connectivity index (χ3v) is 2.59. The number of rotatable bonds is 2. The molecule has 0 aliphatic carbocycles. The molecule has 0 unspecified atom stereocenters. The van der Waals surface area contributed by atoms with E-state index in [4.69, 9.17) is 21.6 Å². The Hall–Kier alpha value is -1.98. The Labute approximate surface area is 105 Å². The molecule has 0 fully saturated rings. The Morgan fingerprint density at radius 1 is 1.12 bits per heavy atom. The van der Waals surface area contributed by atoms with Crippen molar-refractivity contribution in [3.63, 3.8) is 0 Å². The Morgan fingerprint density at radius 2 is 1.88 bits per heavy atom. The van der Waals surface area contributed by atoms with Gasteiger partial charge in [-0.05, 0) is 48.9 Å². The third-order valence-electron chi connectivity index (χ3n) is 2.35. The van der Waals surface area contributed by atoms with Gasteiger partial charge in [-0.15, -0.1) is 0 Å². The SMILES string of the molecule is Cc1cc(Oc2cccc(Cl)c2)ccc1C#N. The van der Waals surface area contributed by atoms with Gasteiger partial charge in [0.15, 0.2) is 0 Å². The first-order chi connectivity index (χ1) is 8.19. The van der Waals surface area contributed by atoms with Gasteiger partial charge in [0.1, 0.15) is 11.5 Å². The van der Waals surface area contributed by atoms with Gasteiger partial charge in [0.25, 0.3) is 0 Å². The van der Waals surface area contributed by atoms with Gasteiger partial charge in [0.05, 0.1) is 11.6 Å². The quantitative estimate of drug-likeness (QED) is 0.787. The van der Waals surface area contributed by atoms with Crippen LogP contribution in [0.25, 0.3) is 0 Å². The predicted octanol–water partition coefficient (Wildman–Crippen LogP) is 4.31. The number of halogens is 1. The molecule has 2 aromatic carbocycles. The molecule has 84 valence electrons. The lowest BCUT2D eigenvalue weighted by Gasteiger charge is -2.07. The van der Waals surface area contributed by atoms with Crippen LogP contribution in [0, 0.1) is 18.3 Å². The van der Waals surface area contributed by atoms with Crippen LogP contribution in [-0.4, -0.2) is 0 Å². The van der Waals surface area contributed by atoms with Crippen LogP contribution in [-0.2, 0) is 0 Å². The molecular weight excluding hydrogens is 234 g/mol. The zero-order chi connectivity index (χ0) is 12.3. The van der Waals surface area contributed by atoms with Gasteiger partial charge in [-0.1, -0.05) is 17.7 Å². The molecule has 2 rings (SSSR count). The maximum Gasteiger partial charge on any atom is 0.128 e. The first kappa shape index (κ1) is 11.5. The van der Waals surface area contributed by atoms with E-state index in [1.165, 1.54) is 0 Å². The normalized spacial score (nSPS) is 9.71. The second-order valence-corrected chi connectivity index (χ2v) is 4.08. The fraction of sp³-hybridized carbons (Fsp3) is 0.0714. The van der Waals surface area contributed by atoms with Crippen molar-refractivity contribution < 1.29 is 4.74 Å². The highest BCUT2D eigenvalue weighted by Crippen LogP contribution is 2.25. The lowest BCUT2D eigenvalue weighted by atomic mass is 10.1. The molecule has 17 heavy (non-hydrogen) atoms. The Bertz CT molecular complexity index is 587. The van der Waals surface area contributed by atoms with Crippen molar-refractivity contribution in [2.24, 2.45) is 0 Å². The summed E-state index contributed by atoms with van der Waals surface area (Å²) in [6.45, 7) is 1.88. The van der Waals surface area contributed by atoms with E-state index in [2.05, 4.69) is 6.07 Å². The van der Waals surface area contributed by atoms with E-state index in [0.717, 1.165) is 5.56 Å². The lowest BCUT2D eigenvalue weighted by Crippen LogP contribution is -1.87. The average Bonchev–Trinajstić information content (AvgIpc) is 2.29. The standard InChI is InChI=1S/C14H10ClNO/c1-10-7-14(6-5-11(10)9-16)17-13-4-2-3-12(15)8-13/h2-8H,1H3. The molecule has 0 N–H and O–H groups in total. The fourth-order valence-corrected chi connectivity index (χ4v) is 1.67. The summed E-state index contributed by atoms with van der Waals surface area (Å²) in [5.41, 5.74) is 1.55. The highest BCUT2D eigenvalue weighted by Gasteiger charge is 2.01. The number of hydrogen-bond donors (Lipinski definition) is 0. The van der Waals surface area contributed by atoms with Crippen molar-refractivity contribution in [2.75, 3.05) is 0 Å². The summed E-state index contributed by atoms with van der Waals surface area (Å²) in [5, 5.41) is 9.46. The smallest absolute Gasteiger partial charge is 0.128 e. The molecule has 0 amide bonds. The van der Waals surface area contributed by atoms with Crippen molar-refractivity contribution in [1.29, 1.82) is 5.26 Å². The lowest BCUT2D eigenvalue weighted by molar-refractivity contribution is 0.482. The summed E-state index contributed by atoms with van der Waals surface area (Å²) in [5.74, 6) is 1.38. The number of nitrogens with zero attached hydrogens (tertiary/aromatic N) is 1. The van der Waals surface area contributed by atoms with Crippen LogP contribution in [0.3, 0.4) is 0 Å². The third kappa shape index (κ3) is 2.77. The zero-order valence-corrected chi connectivity index (χ0v) is 10.0. The maximum atomic E-state index is 8.83. The van der Waals surface area contributed by atoms with Crippen molar-refractivity contribution in [2.45, 2.75) is 6.92 Å². The maximum absolute atomic E-state index is 8.83. The molecule has 0 aliphatic heterocycles. The van der Waals surface area contributed by atoms with Gasteiger partial charge >= 0.3 is 0 Å². The van der Waals surface area contributed by atoms with E-state index in [1.54, 1.807) is 24.3 Å². The van der Waals surface area contributed by atoms with Crippen LogP contribution in [0.5, 0.6) is 11.5 Å². The number of ether oxygens (including phenoxy) is 1. The summed E-state index contributed by atoms with van der Waals surface area (Å²) < 4.78 is 5.65. The van der Waals surface area contributed by atoms with Crippen LogP contribution in [0.4, 0.5) is 0 Å². The highest BCUT2D eigenvalue weighted by atomic mass is 35.5. The molecule has 0 saturated heterocycles. The van der Waals surface area contributed by atoms with Gasteiger partial charge in [-0.3, -0.25) is 0 Å². The van der Waals surface area contributed by atoms with Gasteiger partial charge in [-0.25, -0.2) is 0 Å². The molecule has 0 radical (unpaired) electrons. The van der Waals surface area contributed by atoms with E-state index >= 15 is 0 Å². The number of aryl methyl sites for hydroxylation is 1. The number of nitriles is 1. The Morgan fingerprint density at radius 3 is 2.53 bits per heavy atom. The minimum absolute atomic E-state index is 0.632. The van der Waals surface area contributed by atoms with E-state index in [-0.39, 0.29) is 0 Å². The minimum Gasteiger partial charge on any atom is -0.457 e. The van der Waals surface area contributed by atoms with Crippen molar-refractivity contribution >= 4 is 11.6 Å². The van der Waals surface area contributed by atoms with Gasteiger partial charge in [0.2, 0.25) is 0 Å². The zero-order valence-electron chi connectivity index (χ0n) is 9.27. The molecule has 2 nitrogen and oxygen atoms in total. The monoisotopic (exact) mass is 243 g/mol. The van der Waals surface area contributed by atoms with Gasteiger partial charge < -0.3 is 4.74 Å². The molecule has 0 heterocycles. The average molecular weight is 244 g/mol. The van der Waals surface area contributed by atoms with Crippen LogP contribution >= 0.6 is 11.6 Å². The van der Waals surface area contributed by atoms with Crippen molar-refractivity contribution in [3.8, 4) is 17.6 Å². The molecule has 0 atom stereocenters. The van der Waals surface area contributed by atoms with E-state index in [0.29, 0.717) is 22.1 Å². The van der Waals surface area contributed by atoms with E-state index in [1.807, 2.05) is 25.1 Å². The Balaban J connectivity index is 2.25. The largest absolute Gasteiger partial charge is 0.457 e. The number of benzene rings is 2. The molecule has 0 aliphatic rings. The molecule has 0 saturated carbocycles. The van der Waals surface area contributed by atoms with E-state index in [9.17, 15) is 0 Å². The van der Waals surface area contributed by atoms with Gasteiger partial charge in [-0.2, -0.15) is 5.26 Å². The van der Waals surface area contributed by atoms with Crippen molar-refractivity contribution in [1.82, 2.24) is 0 Å². The Kier molecular flexibility index (Phi) is 3.32. The van der Waals surface area contributed by atoms with Gasteiger partial charge in [0, 0.05) is 5.02 Å². The molecule has 2 aromatic rings. The van der Waals surface area contributed by atoms with Crippen LogP contribution < -0.4 is 4.74 Å². The highest BCUT2D eigenvalue weighted by molar-refractivity contribution is 6.30. The van der Waals surface area contributed by atoms with Crippen LogP contribution in [0.15, 0.2) is 42.5 Å². The van der Waals surface area contributed by atoms with Crippen LogP contribution in [0.1, 0.15) is 11.1 Å². The van der Waals surface area contributed by atoms with E-state index < -0.39 is 0 Å². The van der Waals surface area contributed by atoms with Crippen LogP contribution in [0.2, 0.25) is 5.02 Å². The molecular formula is C14H10ClNO. The summed E-state index contributed by atoms with van der Waals surface area (Å²) in [4.78, 5) is 0. The summed E-state index contributed by atoms with van der Waals surface area (Å²) >= 11 is 5.87. The number of hydrogen-bond acceptors (Lipinski definition) is 2. The molecule has 0 aromatic heterocycles. The summed E-state index contributed by atoms with van der Waals surface area (Å²) in [6, 6.07) is 14.7. The molecule has 0 spiro atoms. The van der Waals surface area contributed by atoms with Crippen molar-refractivity contribution in [3.05, 3.63) is 58.6 Å².